The van der Waals surface area contributed by atoms with E-state index in [2.05, 4.69) is 15.3 Å². The molecule has 4 N–H and O–H groups in total. The Morgan fingerprint density at radius 3 is 2.35 bits per heavy atom. The summed E-state index contributed by atoms with van der Waals surface area (Å²) in [6.45, 7) is 0. The number of ether oxygens (including phenoxy) is 3. The number of phenols is 1. The predicted molar refractivity (Wildman–Crippen MR) is 124 cm³/mol. The number of aromatic nitrogens is 2. The van der Waals surface area contributed by atoms with Crippen molar-refractivity contribution >= 4 is 39.3 Å². The molecule has 0 bridgehead atoms. The number of methoxy groups -OCH3 is 3. The van der Waals surface area contributed by atoms with Crippen molar-refractivity contribution < 1.29 is 19.3 Å². The van der Waals surface area contributed by atoms with Crippen LogP contribution in [0.2, 0.25) is 0 Å². The van der Waals surface area contributed by atoms with Crippen LogP contribution in [0.1, 0.15) is 0 Å². The number of nitrogen functional groups attached to an aromatic ring is 1. The van der Waals surface area contributed by atoms with Gasteiger partial charge >= 0.3 is 0 Å². The predicted octanol–water partition coefficient (Wildman–Crippen LogP) is 4.99. The van der Waals surface area contributed by atoms with Gasteiger partial charge in [0.15, 0.2) is 16.6 Å². The molecule has 31 heavy (non-hydrogen) atoms. The molecule has 0 fully saturated rings. The smallest absolute Gasteiger partial charge is 0.203 e. The first-order valence-corrected chi connectivity index (χ1v) is 10.8. The van der Waals surface area contributed by atoms with Gasteiger partial charge in [0.25, 0.3) is 0 Å². The lowest BCUT2D eigenvalue weighted by molar-refractivity contribution is 0.324. The van der Waals surface area contributed by atoms with Gasteiger partial charge in [0, 0.05) is 28.8 Å². The van der Waals surface area contributed by atoms with Crippen molar-refractivity contribution in [3.8, 4) is 44.1 Å². The number of phenolic OH excluding ortho intramolecular Hbond substituents is 1. The zero-order valence-corrected chi connectivity index (χ0v) is 18.6. The molecule has 0 aliphatic carbocycles. The SMILES string of the molecule is COc1cc(Nc2nc(N)c(-c3nc(-c4ccccc4O)cs3)s2)cc(OC)c1OC. The highest BCUT2D eigenvalue weighted by Crippen LogP contribution is 2.43. The Morgan fingerprint density at radius 2 is 1.71 bits per heavy atom. The molecule has 0 aliphatic heterocycles. The van der Waals surface area contributed by atoms with Gasteiger partial charge in [-0.1, -0.05) is 23.5 Å². The number of aromatic hydroxyl groups is 1. The van der Waals surface area contributed by atoms with E-state index in [9.17, 15) is 5.11 Å². The third kappa shape index (κ3) is 4.07. The van der Waals surface area contributed by atoms with Crippen LogP contribution in [0, 0.1) is 0 Å². The monoisotopic (exact) mass is 456 g/mol. The van der Waals surface area contributed by atoms with Crippen molar-refractivity contribution in [1.29, 1.82) is 0 Å². The topological polar surface area (TPSA) is 112 Å². The molecule has 0 unspecified atom stereocenters. The molecule has 160 valence electrons. The lowest BCUT2D eigenvalue weighted by Gasteiger charge is -2.14. The van der Waals surface area contributed by atoms with Gasteiger partial charge in [-0.15, -0.1) is 11.3 Å². The molecule has 2 heterocycles. The molecule has 0 saturated carbocycles. The van der Waals surface area contributed by atoms with Crippen LogP contribution >= 0.6 is 22.7 Å². The van der Waals surface area contributed by atoms with Gasteiger partial charge in [0.05, 0.1) is 27.0 Å². The van der Waals surface area contributed by atoms with Crippen LogP contribution in [-0.4, -0.2) is 36.4 Å². The van der Waals surface area contributed by atoms with E-state index in [1.807, 2.05) is 17.5 Å². The summed E-state index contributed by atoms with van der Waals surface area (Å²) in [5, 5.41) is 16.5. The second kappa shape index (κ2) is 8.70. The van der Waals surface area contributed by atoms with E-state index in [1.54, 1.807) is 45.6 Å². The Kier molecular flexibility index (Phi) is 5.83. The average Bonchev–Trinajstić information content (AvgIpc) is 3.39. The maximum Gasteiger partial charge on any atom is 0.203 e. The van der Waals surface area contributed by atoms with Crippen LogP contribution < -0.4 is 25.3 Å². The molecule has 8 nitrogen and oxygen atoms in total. The summed E-state index contributed by atoms with van der Waals surface area (Å²) >= 11 is 2.82. The number of para-hydroxylation sites is 1. The second-order valence-electron chi connectivity index (χ2n) is 6.33. The number of nitrogens with zero attached hydrogens (tertiary/aromatic N) is 2. The van der Waals surface area contributed by atoms with Gasteiger partial charge in [0.1, 0.15) is 21.5 Å². The Balaban J connectivity index is 1.63. The maximum absolute atomic E-state index is 10.1. The molecule has 0 saturated heterocycles. The number of benzene rings is 2. The molecule has 2 aromatic heterocycles. The average molecular weight is 457 g/mol. The summed E-state index contributed by atoms with van der Waals surface area (Å²) < 4.78 is 16.1. The summed E-state index contributed by atoms with van der Waals surface area (Å²) in [6, 6.07) is 10.7. The first-order valence-electron chi connectivity index (χ1n) is 9.11. The second-order valence-corrected chi connectivity index (χ2v) is 8.18. The quantitative estimate of drug-likeness (QED) is 0.357. The summed E-state index contributed by atoms with van der Waals surface area (Å²) in [4.78, 5) is 9.81. The Bertz CT molecular complexity index is 1200. The molecule has 0 spiro atoms. The summed E-state index contributed by atoms with van der Waals surface area (Å²) in [5.74, 6) is 2.12. The number of thiazole rings is 2. The largest absolute Gasteiger partial charge is 0.507 e. The molecule has 4 aromatic rings. The van der Waals surface area contributed by atoms with Gasteiger partial charge in [-0.2, -0.15) is 0 Å². The Morgan fingerprint density at radius 1 is 1.00 bits per heavy atom. The fourth-order valence-electron chi connectivity index (χ4n) is 3.01. The maximum atomic E-state index is 10.1. The van der Waals surface area contributed by atoms with Crippen molar-refractivity contribution in [2.75, 3.05) is 32.4 Å². The minimum absolute atomic E-state index is 0.182. The third-order valence-corrected chi connectivity index (χ3v) is 6.43. The molecule has 4 rings (SSSR count). The highest BCUT2D eigenvalue weighted by Gasteiger charge is 2.18. The van der Waals surface area contributed by atoms with Crippen LogP contribution in [-0.2, 0) is 0 Å². The normalized spacial score (nSPS) is 10.7. The fourth-order valence-corrected chi connectivity index (χ4v) is 4.83. The molecule has 10 heteroatoms. The highest BCUT2D eigenvalue weighted by molar-refractivity contribution is 7.23. The first kappa shape index (κ1) is 20.8. The van der Waals surface area contributed by atoms with E-state index in [4.69, 9.17) is 19.9 Å². The minimum Gasteiger partial charge on any atom is -0.507 e. The van der Waals surface area contributed by atoms with Gasteiger partial charge < -0.3 is 30.4 Å². The number of hydrogen-bond acceptors (Lipinski definition) is 10. The fraction of sp³-hybridized carbons (Fsp3) is 0.143. The Hall–Kier alpha value is -3.50. The van der Waals surface area contributed by atoms with Crippen molar-refractivity contribution in [1.82, 2.24) is 9.97 Å². The number of anilines is 3. The van der Waals surface area contributed by atoms with Gasteiger partial charge in [0.2, 0.25) is 5.75 Å². The van der Waals surface area contributed by atoms with Crippen LogP contribution in [0.4, 0.5) is 16.6 Å². The summed E-state index contributed by atoms with van der Waals surface area (Å²) in [5.41, 5.74) is 8.24. The van der Waals surface area contributed by atoms with Crippen LogP contribution in [0.5, 0.6) is 23.0 Å². The van der Waals surface area contributed by atoms with Crippen molar-refractivity contribution in [3.63, 3.8) is 0 Å². The van der Waals surface area contributed by atoms with Crippen molar-refractivity contribution in [3.05, 3.63) is 41.8 Å². The van der Waals surface area contributed by atoms with E-state index in [0.717, 1.165) is 9.88 Å². The number of hydrogen-bond donors (Lipinski definition) is 3. The van der Waals surface area contributed by atoms with Crippen molar-refractivity contribution in [2.24, 2.45) is 0 Å². The molecular weight excluding hydrogens is 436 g/mol. The van der Waals surface area contributed by atoms with Gasteiger partial charge in [-0.3, -0.25) is 0 Å². The number of rotatable bonds is 7. The lowest BCUT2D eigenvalue weighted by atomic mass is 10.1. The standard InChI is InChI=1S/C21H20N4O4S2/c1-27-15-8-11(9-16(28-2)17(15)29-3)23-21-25-19(22)18(31-21)20-24-13(10-30-20)12-6-4-5-7-14(12)26/h4-10,26H,22H2,1-3H3,(H,23,25). The molecule has 2 aromatic carbocycles. The zero-order valence-electron chi connectivity index (χ0n) is 17.0. The van der Waals surface area contributed by atoms with E-state index in [-0.39, 0.29) is 5.75 Å². The third-order valence-electron chi connectivity index (χ3n) is 4.45. The number of nitrogens with one attached hydrogen (secondary N) is 1. The van der Waals surface area contributed by atoms with Crippen LogP contribution in [0.3, 0.4) is 0 Å². The minimum atomic E-state index is 0.182. The van der Waals surface area contributed by atoms with E-state index in [0.29, 0.717) is 45.1 Å². The zero-order chi connectivity index (χ0) is 22.0. The summed E-state index contributed by atoms with van der Waals surface area (Å²) in [6.07, 6.45) is 0. The lowest BCUT2D eigenvalue weighted by Crippen LogP contribution is -1.97. The molecular formula is C21H20N4O4S2. The first-order chi connectivity index (χ1) is 15.0. The van der Waals surface area contributed by atoms with E-state index >= 15 is 0 Å². The van der Waals surface area contributed by atoms with Gasteiger partial charge in [-0.05, 0) is 12.1 Å². The van der Waals surface area contributed by atoms with Crippen molar-refractivity contribution in [2.45, 2.75) is 0 Å². The van der Waals surface area contributed by atoms with Crippen LogP contribution in [0.25, 0.3) is 21.1 Å². The Labute approximate surface area is 186 Å². The molecule has 0 aliphatic rings. The number of nitrogens with two attached hydrogens (primary N) is 1. The molecule has 0 amide bonds. The highest BCUT2D eigenvalue weighted by atomic mass is 32.1. The van der Waals surface area contributed by atoms with E-state index in [1.165, 1.54) is 22.7 Å². The van der Waals surface area contributed by atoms with E-state index < -0.39 is 0 Å². The molecule has 0 radical (unpaired) electrons. The van der Waals surface area contributed by atoms with Crippen LogP contribution in [0.15, 0.2) is 41.8 Å². The molecule has 0 atom stereocenters. The van der Waals surface area contributed by atoms with Gasteiger partial charge in [-0.25, -0.2) is 9.97 Å². The summed E-state index contributed by atoms with van der Waals surface area (Å²) in [7, 11) is 4.68.